The van der Waals surface area contributed by atoms with Crippen molar-refractivity contribution in [3.05, 3.63) is 27.8 Å². The first kappa shape index (κ1) is 28.5. The van der Waals surface area contributed by atoms with Crippen molar-refractivity contribution in [1.82, 2.24) is 0 Å². The molecule has 31 heavy (non-hydrogen) atoms. The molecule has 0 unspecified atom stereocenters. The molecule has 1 rings (SSSR count). The van der Waals surface area contributed by atoms with E-state index in [0.29, 0.717) is 85.9 Å². The van der Waals surface area contributed by atoms with Crippen molar-refractivity contribution < 1.29 is 37.9 Å². The predicted octanol–water partition coefficient (Wildman–Crippen LogP) is 2.80. The molecule has 0 spiro atoms. The van der Waals surface area contributed by atoms with Crippen LogP contribution in [-0.4, -0.2) is 99.1 Å². The Hall–Kier alpha value is -0.530. The van der Waals surface area contributed by atoms with Crippen LogP contribution < -0.4 is 4.74 Å². The summed E-state index contributed by atoms with van der Waals surface area (Å²) in [5.41, 5.74) is 0. The monoisotopic (exact) mass is 556 g/mol. The zero-order valence-electron chi connectivity index (χ0n) is 18.7. The van der Waals surface area contributed by atoms with Crippen LogP contribution in [0.1, 0.15) is 6.92 Å². The molecule has 1 atom stereocenters. The zero-order valence-corrected chi connectivity index (χ0v) is 20.9. The Bertz CT molecular complexity index is 503. The van der Waals surface area contributed by atoms with Gasteiger partial charge in [0.05, 0.1) is 85.9 Å². The summed E-state index contributed by atoms with van der Waals surface area (Å²) in [5, 5.41) is 0. The maximum atomic E-state index is 5.79. The average molecular weight is 556 g/mol. The number of methoxy groups -OCH3 is 1. The zero-order chi connectivity index (χ0) is 22.4. The van der Waals surface area contributed by atoms with Crippen molar-refractivity contribution in [3.63, 3.8) is 0 Å². The molecule has 0 fully saturated rings. The molecule has 180 valence electrons. The van der Waals surface area contributed by atoms with Crippen LogP contribution >= 0.6 is 22.6 Å². The Morgan fingerprint density at radius 3 is 1.42 bits per heavy atom. The van der Waals surface area contributed by atoms with Gasteiger partial charge in [0.15, 0.2) is 0 Å². The lowest BCUT2D eigenvalue weighted by molar-refractivity contribution is -0.0223. The largest absolute Gasteiger partial charge is 0.488 e. The van der Waals surface area contributed by atoms with Crippen LogP contribution in [0.5, 0.6) is 5.75 Å². The van der Waals surface area contributed by atoms with Gasteiger partial charge in [0.25, 0.3) is 0 Å². The van der Waals surface area contributed by atoms with Gasteiger partial charge in [-0.25, -0.2) is 0 Å². The molecule has 0 saturated carbocycles. The van der Waals surface area contributed by atoms with Crippen molar-refractivity contribution in [1.29, 1.82) is 0 Å². The smallest absolute Gasteiger partial charge is 0.119 e. The van der Waals surface area contributed by atoms with Crippen LogP contribution in [0.15, 0.2) is 24.3 Å². The Kier molecular flexibility index (Phi) is 19.6. The van der Waals surface area contributed by atoms with Crippen molar-refractivity contribution >= 4 is 22.6 Å². The quantitative estimate of drug-likeness (QED) is 0.160. The van der Waals surface area contributed by atoms with E-state index in [9.17, 15) is 0 Å². The number of hydrogen-bond acceptors (Lipinski definition) is 8. The molecule has 0 aromatic heterocycles. The van der Waals surface area contributed by atoms with Crippen LogP contribution in [-0.2, 0) is 33.2 Å². The lowest BCUT2D eigenvalue weighted by atomic mass is 10.3. The fourth-order valence-electron chi connectivity index (χ4n) is 2.27. The summed E-state index contributed by atoms with van der Waals surface area (Å²) >= 11 is 2.27. The summed E-state index contributed by atoms with van der Waals surface area (Å²) in [4.78, 5) is 0. The fraction of sp³-hybridized carbons (Fsp3) is 0.727. The van der Waals surface area contributed by atoms with E-state index in [1.807, 2.05) is 31.2 Å². The van der Waals surface area contributed by atoms with Gasteiger partial charge < -0.3 is 37.9 Å². The highest BCUT2D eigenvalue weighted by Gasteiger charge is 2.04. The lowest BCUT2D eigenvalue weighted by Gasteiger charge is -2.15. The Balaban J connectivity index is 1.74. The lowest BCUT2D eigenvalue weighted by Crippen LogP contribution is -2.21. The molecule has 0 aliphatic rings. The van der Waals surface area contributed by atoms with E-state index in [-0.39, 0.29) is 6.10 Å². The molecular formula is C22H37IO8. The van der Waals surface area contributed by atoms with Gasteiger partial charge in [-0.05, 0) is 53.8 Å². The summed E-state index contributed by atoms with van der Waals surface area (Å²) < 4.78 is 44.5. The van der Waals surface area contributed by atoms with Gasteiger partial charge in [0, 0.05) is 10.7 Å². The van der Waals surface area contributed by atoms with Crippen LogP contribution in [0, 0.1) is 3.57 Å². The first-order valence-electron chi connectivity index (χ1n) is 10.6. The molecule has 0 aliphatic heterocycles. The molecule has 0 radical (unpaired) electrons. The minimum absolute atomic E-state index is 0.0111. The van der Waals surface area contributed by atoms with E-state index in [2.05, 4.69) is 22.6 Å². The van der Waals surface area contributed by atoms with Crippen molar-refractivity contribution in [2.24, 2.45) is 0 Å². The highest BCUT2D eigenvalue weighted by Crippen LogP contribution is 2.15. The summed E-state index contributed by atoms with van der Waals surface area (Å²) in [7, 11) is 1.65. The van der Waals surface area contributed by atoms with Gasteiger partial charge in [-0.1, -0.05) is 0 Å². The van der Waals surface area contributed by atoms with Crippen LogP contribution in [0.4, 0.5) is 0 Å². The highest BCUT2D eigenvalue weighted by atomic mass is 127. The van der Waals surface area contributed by atoms with Crippen molar-refractivity contribution in [2.45, 2.75) is 13.0 Å². The van der Waals surface area contributed by atoms with Gasteiger partial charge in [0.1, 0.15) is 11.9 Å². The number of benzene rings is 1. The minimum Gasteiger partial charge on any atom is -0.488 e. The SMILES string of the molecule is COCCOCCOCCOCCOCCOCCOC[C@H](C)Oc1ccc(I)cc1. The summed E-state index contributed by atoms with van der Waals surface area (Å²) in [6, 6.07) is 7.96. The minimum atomic E-state index is -0.0111. The third-order valence-corrected chi connectivity index (χ3v) is 4.51. The second-order valence-corrected chi connectivity index (χ2v) is 7.76. The molecule has 0 heterocycles. The third-order valence-electron chi connectivity index (χ3n) is 3.80. The topological polar surface area (TPSA) is 73.8 Å². The number of halogens is 1. The second-order valence-electron chi connectivity index (χ2n) is 6.51. The van der Waals surface area contributed by atoms with Crippen molar-refractivity contribution in [3.8, 4) is 5.75 Å². The molecule has 1 aromatic rings. The molecule has 0 amide bonds. The van der Waals surface area contributed by atoms with Gasteiger partial charge >= 0.3 is 0 Å². The van der Waals surface area contributed by atoms with E-state index in [0.717, 1.165) is 5.75 Å². The van der Waals surface area contributed by atoms with E-state index >= 15 is 0 Å². The molecule has 8 nitrogen and oxygen atoms in total. The predicted molar refractivity (Wildman–Crippen MR) is 126 cm³/mol. The number of ether oxygens (including phenoxy) is 8. The number of rotatable bonds is 22. The maximum absolute atomic E-state index is 5.79. The van der Waals surface area contributed by atoms with Gasteiger partial charge in [0.2, 0.25) is 0 Å². The van der Waals surface area contributed by atoms with E-state index < -0.39 is 0 Å². The molecule has 9 heteroatoms. The Labute approximate surface area is 199 Å². The highest BCUT2D eigenvalue weighted by molar-refractivity contribution is 14.1. The first-order chi connectivity index (χ1) is 15.2. The maximum Gasteiger partial charge on any atom is 0.119 e. The molecule has 1 aromatic carbocycles. The van der Waals surface area contributed by atoms with Crippen LogP contribution in [0.2, 0.25) is 0 Å². The molecular weight excluding hydrogens is 519 g/mol. The van der Waals surface area contributed by atoms with E-state index in [1.54, 1.807) is 7.11 Å². The van der Waals surface area contributed by atoms with Crippen molar-refractivity contribution in [2.75, 3.05) is 93.0 Å². The molecule has 0 N–H and O–H groups in total. The Morgan fingerprint density at radius 2 is 1.00 bits per heavy atom. The Morgan fingerprint density at radius 1 is 0.613 bits per heavy atom. The summed E-state index contributed by atoms with van der Waals surface area (Å²) in [6.45, 7) is 9.11. The molecule has 0 saturated heterocycles. The number of hydrogen-bond donors (Lipinski definition) is 0. The van der Waals surface area contributed by atoms with Crippen LogP contribution in [0.25, 0.3) is 0 Å². The van der Waals surface area contributed by atoms with Crippen LogP contribution in [0.3, 0.4) is 0 Å². The van der Waals surface area contributed by atoms with Gasteiger partial charge in [-0.15, -0.1) is 0 Å². The van der Waals surface area contributed by atoms with E-state index in [4.69, 9.17) is 37.9 Å². The third kappa shape index (κ3) is 18.7. The first-order valence-corrected chi connectivity index (χ1v) is 11.7. The van der Waals surface area contributed by atoms with Gasteiger partial charge in [-0.3, -0.25) is 0 Å². The fourth-order valence-corrected chi connectivity index (χ4v) is 2.63. The second kappa shape index (κ2) is 21.3. The summed E-state index contributed by atoms with van der Waals surface area (Å²) in [5.74, 6) is 0.852. The molecule has 0 bridgehead atoms. The van der Waals surface area contributed by atoms with E-state index in [1.165, 1.54) is 3.57 Å². The summed E-state index contributed by atoms with van der Waals surface area (Å²) in [6.07, 6.45) is -0.0111. The average Bonchev–Trinajstić information content (AvgIpc) is 2.77. The normalized spacial score (nSPS) is 12.2. The van der Waals surface area contributed by atoms with Gasteiger partial charge in [-0.2, -0.15) is 0 Å². The molecule has 0 aliphatic carbocycles. The standard InChI is InChI=1S/C22H37IO8/c1-20(31-22-5-3-21(23)4-6-22)19-30-18-17-29-16-15-28-14-13-27-12-11-26-10-9-25-8-7-24-2/h3-6,20H,7-19H2,1-2H3/t20-/m0/s1.